The number of hydrogen-bond acceptors (Lipinski definition) is 3. The Kier molecular flexibility index (Phi) is 6.26. The number of carboxylic acid groups (broad SMARTS) is 1. The molecular weight excluding hydrogens is 260 g/mol. The molecule has 1 fully saturated rings. The molecule has 0 aliphatic carbocycles. The van der Waals surface area contributed by atoms with E-state index in [0.717, 1.165) is 32.5 Å². The summed E-state index contributed by atoms with van der Waals surface area (Å²) in [5, 5.41) is 11.8. The molecule has 20 heavy (non-hydrogen) atoms. The molecule has 116 valence electrons. The summed E-state index contributed by atoms with van der Waals surface area (Å²) >= 11 is 0. The van der Waals surface area contributed by atoms with Crippen LogP contribution in [-0.4, -0.2) is 55.4 Å². The van der Waals surface area contributed by atoms with Gasteiger partial charge in [-0.15, -0.1) is 0 Å². The van der Waals surface area contributed by atoms with Gasteiger partial charge in [-0.05, 0) is 24.7 Å². The molecule has 6 heteroatoms. The summed E-state index contributed by atoms with van der Waals surface area (Å²) in [6.07, 6.45) is 2.92. The second-order valence-electron chi connectivity index (χ2n) is 5.74. The molecule has 0 aromatic rings. The Labute approximate surface area is 120 Å². The highest BCUT2D eigenvalue weighted by atomic mass is 16.5. The Bertz CT molecular complexity index is 340. The number of carbonyl (C=O) groups excluding carboxylic acids is 1. The predicted octanol–water partition coefficient (Wildman–Crippen LogP) is 1.56. The van der Waals surface area contributed by atoms with Gasteiger partial charge in [-0.2, -0.15) is 0 Å². The maximum Gasteiger partial charge on any atom is 0.317 e. The van der Waals surface area contributed by atoms with E-state index in [1.807, 2.05) is 0 Å². The lowest BCUT2D eigenvalue weighted by molar-refractivity contribution is -0.141. The molecule has 1 aliphatic heterocycles. The molecule has 0 bridgehead atoms. The predicted molar refractivity (Wildman–Crippen MR) is 75.6 cm³/mol. The Hall–Kier alpha value is -1.30. The van der Waals surface area contributed by atoms with Crippen molar-refractivity contribution >= 4 is 12.0 Å². The first-order valence-electron chi connectivity index (χ1n) is 7.20. The summed E-state index contributed by atoms with van der Waals surface area (Å²) in [7, 11) is 1.62. The van der Waals surface area contributed by atoms with Gasteiger partial charge in [0.25, 0.3) is 0 Å². The second-order valence-corrected chi connectivity index (χ2v) is 5.74. The van der Waals surface area contributed by atoms with Gasteiger partial charge >= 0.3 is 12.0 Å². The van der Waals surface area contributed by atoms with E-state index in [4.69, 9.17) is 9.84 Å². The van der Waals surface area contributed by atoms with E-state index in [1.165, 1.54) is 4.90 Å². The summed E-state index contributed by atoms with van der Waals surface area (Å²) in [5.41, 5.74) is 0.118. The maximum absolute atomic E-state index is 12.0. The third-order valence-corrected chi connectivity index (χ3v) is 4.23. The fourth-order valence-electron chi connectivity index (χ4n) is 2.43. The first-order valence-corrected chi connectivity index (χ1v) is 7.20. The van der Waals surface area contributed by atoms with Crippen molar-refractivity contribution in [1.29, 1.82) is 0 Å². The Balaban J connectivity index is 2.43. The molecule has 0 aromatic heterocycles. The van der Waals surface area contributed by atoms with Crippen LogP contribution in [0, 0.1) is 11.3 Å². The van der Waals surface area contributed by atoms with Gasteiger partial charge in [-0.25, -0.2) is 4.79 Å². The summed E-state index contributed by atoms with van der Waals surface area (Å²) in [4.78, 5) is 24.2. The van der Waals surface area contributed by atoms with E-state index >= 15 is 0 Å². The summed E-state index contributed by atoms with van der Waals surface area (Å²) in [6, 6.07) is -0.211. The van der Waals surface area contributed by atoms with Crippen LogP contribution in [0.5, 0.6) is 0 Å². The van der Waals surface area contributed by atoms with Crippen LogP contribution in [0.4, 0.5) is 4.79 Å². The SMILES string of the molecule is CCC1(CNC(=O)N(C)CC(C)C(=O)O)CCOCC1. The van der Waals surface area contributed by atoms with Gasteiger partial charge in [0, 0.05) is 33.4 Å². The number of urea groups is 1. The van der Waals surface area contributed by atoms with E-state index in [0.29, 0.717) is 6.54 Å². The number of nitrogens with one attached hydrogen (secondary N) is 1. The number of ether oxygens (including phenoxy) is 1. The number of rotatable bonds is 6. The molecule has 0 aromatic carbocycles. The van der Waals surface area contributed by atoms with Crippen LogP contribution in [0.1, 0.15) is 33.1 Å². The standard InChI is InChI=1S/C14H26N2O4/c1-4-14(5-7-20-8-6-14)10-15-13(19)16(3)9-11(2)12(17)18/h11H,4-10H2,1-3H3,(H,15,19)(H,17,18). The van der Waals surface area contributed by atoms with Crippen LogP contribution in [0.3, 0.4) is 0 Å². The fraction of sp³-hybridized carbons (Fsp3) is 0.857. The third kappa shape index (κ3) is 4.67. The van der Waals surface area contributed by atoms with Crippen LogP contribution in [0.2, 0.25) is 0 Å². The molecule has 2 N–H and O–H groups in total. The molecule has 1 heterocycles. The Morgan fingerprint density at radius 1 is 1.40 bits per heavy atom. The minimum absolute atomic E-state index is 0.118. The maximum atomic E-state index is 12.0. The number of carbonyl (C=O) groups is 2. The van der Waals surface area contributed by atoms with Gasteiger partial charge in [0.1, 0.15) is 0 Å². The van der Waals surface area contributed by atoms with Crippen LogP contribution in [0.15, 0.2) is 0 Å². The van der Waals surface area contributed by atoms with E-state index in [2.05, 4.69) is 12.2 Å². The van der Waals surface area contributed by atoms with Crippen molar-refractivity contribution in [3.63, 3.8) is 0 Å². The highest BCUT2D eigenvalue weighted by Crippen LogP contribution is 2.33. The van der Waals surface area contributed by atoms with Gasteiger partial charge in [0.05, 0.1) is 5.92 Å². The first-order chi connectivity index (χ1) is 9.40. The normalized spacial score (nSPS) is 19.1. The van der Waals surface area contributed by atoms with Crippen molar-refractivity contribution in [2.24, 2.45) is 11.3 Å². The van der Waals surface area contributed by atoms with Crippen LogP contribution >= 0.6 is 0 Å². The molecule has 1 saturated heterocycles. The molecule has 1 aliphatic rings. The average Bonchev–Trinajstić information content (AvgIpc) is 2.45. The highest BCUT2D eigenvalue weighted by molar-refractivity contribution is 5.75. The lowest BCUT2D eigenvalue weighted by Gasteiger charge is -2.37. The van der Waals surface area contributed by atoms with E-state index in [9.17, 15) is 9.59 Å². The molecule has 1 unspecified atom stereocenters. The van der Waals surface area contributed by atoms with E-state index < -0.39 is 11.9 Å². The van der Waals surface area contributed by atoms with Crippen LogP contribution in [0.25, 0.3) is 0 Å². The number of amides is 2. The van der Waals surface area contributed by atoms with Crippen molar-refractivity contribution < 1.29 is 19.4 Å². The zero-order valence-corrected chi connectivity index (χ0v) is 12.6. The van der Waals surface area contributed by atoms with Crippen molar-refractivity contribution in [3.05, 3.63) is 0 Å². The highest BCUT2D eigenvalue weighted by Gasteiger charge is 2.31. The number of carboxylic acids is 1. The third-order valence-electron chi connectivity index (χ3n) is 4.23. The first kappa shape index (κ1) is 16.8. The zero-order valence-electron chi connectivity index (χ0n) is 12.6. The van der Waals surface area contributed by atoms with Crippen LogP contribution < -0.4 is 5.32 Å². The molecular formula is C14H26N2O4. The number of aliphatic carboxylic acids is 1. The van der Waals surface area contributed by atoms with Gasteiger partial charge in [-0.1, -0.05) is 13.8 Å². The van der Waals surface area contributed by atoms with Crippen LogP contribution in [-0.2, 0) is 9.53 Å². The number of nitrogens with zero attached hydrogens (tertiary/aromatic N) is 1. The lowest BCUT2D eigenvalue weighted by Crippen LogP contribution is -2.46. The Morgan fingerprint density at radius 3 is 2.50 bits per heavy atom. The van der Waals surface area contributed by atoms with Crippen molar-refractivity contribution in [1.82, 2.24) is 10.2 Å². The Morgan fingerprint density at radius 2 is 2.00 bits per heavy atom. The van der Waals surface area contributed by atoms with E-state index in [-0.39, 0.29) is 18.0 Å². The molecule has 6 nitrogen and oxygen atoms in total. The smallest absolute Gasteiger partial charge is 0.317 e. The molecule has 0 radical (unpaired) electrons. The zero-order chi connectivity index (χ0) is 15.2. The minimum atomic E-state index is -0.890. The van der Waals surface area contributed by atoms with Gasteiger partial charge in [0.15, 0.2) is 0 Å². The largest absolute Gasteiger partial charge is 0.481 e. The molecule has 2 amide bonds. The fourth-order valence-corrected chi connectivity index (χ4v) is 2.43. The quantitative estimate of drug-likeness (QED) is 0.776. The van der Waals surface area contributed by atoms with Gasteiger partial charge < -0.3 is 20.1 Å². The lowest BCUT2D eigenvalue weighted by atomic mass is 9.78. The topological polar surface area (TPSA) is 78.9 Å². The second kappa shape index (κ2) is 7.47. The molecule has 1 atom stereocenters. The van der Waals surface area contributed by atoms with Crippen molar-refractivity contribution in [2.45, 2.75) is 33.1 Å². The molecule has 0 spiro atoms. The van der Waals surface area contributed by atoms with E-state index in [1.54, 1.807) is 14.0 Å². The summed E-state index contributed by atoms with van der Waals surface area (Å²) < 4.78 is 5.37. The number of hydrogen-bond donors (Lipinski definition) is 2. The van der Waals surface area contributed by atoms with Crippen molar-refractivity contribution in [2.75, 3.05) is 33.4 Å². The van der Waals surface area contributed by atoms with Gasteiger partial charge in [-0.3, -0.25) is 4.79 Å². The summed E-state index contributed by atoms with van der Waals surface area (Å²) in [6.45, 7) is 6.05. The average molecular weight is 286 g/mol. The molecule has 0 saturated carbocycles. The monoisotopic (exact) mass is 286 g/mol. The minimum Gasteiger partial charge on any atom is -0.481 e. The summed E-state index contributed by atoms with van der Waals surface area (Å²) in [5.74, 6) is -1.45. The molecule has 1 rings (SSSR count). The van der Waals surface area contributed by atoms with Gasteiger partial charge in [0.2, 0.25) is 0 Å². The van der Waals surface area contributed by atoms with Crippen molar-refractivity contribution in [3.8, 4) is 0 Å².